The second-order valence-electron chi connectivity index (χ2n) is 4.37. The van der Waals surface area contributed by atoms with Gasteiger partial charge in [0.2, 0.25) is 10.0 Å². The van der Waals surface area contributed by atoms with Crippen LogP contribution in [0.3, 0.4) is 0 Å². The van der Waals surface area contributed by atoms with Crippen molar-refractivity contribution >= 4 is 16.0 Å². The second-order valence-corrected chi connectivity index (χ2v) is 6.31. The molecule has 1 fully saturated rings. The normalized spacial score (nSPS) is 29.2. The minimum absolute atomic E-state index is 0.111. The first-order valence-corrected chi connectivity index (χ1v) is 6.95. The zero-order valence-electron chi connectivity index (χ0n) is 9.75. The number of carboxylic acid groups (broad SMARTS) is 1. The van der Waals surface area contributed by atoms with Crippen molar-refractivity contribution in [3.8, 4) is 0 Å². The molecular formula is C9H18N2O4S. The molecule has 0 spiro atoms. The summed E-state index contributed by atoms with van der Waals surface area (Å²) >= 11 is 0. The molecule has 0 radical (unpaired) electrons. The Hall–Kier alpha value is -0.660. The first-order chi connectivity index (χ1) is 7.21. The average molecular weight is 250 g/mol. The van der Waals surface area contributed by atoms with Gasteiger partial charge >= 0.3 is 5.97 Å². The van der Waals surface area contributed by atoms with Gasteiger partial charge in [-0.05, 0) is 14.0 Å². The van der Waals surface area contributed by atoms with Crippen LogP contribution in [0.4, 0.5) is 0 Å². The monoisotopic (exact) mass is 250 g/mol. The van der Waals surface area contributed by atoms with Crippen molar-refractivity contribution in [2.75, 3.05) is 26.4 Å². The van der Waals surface area contributed by atoms with Crippen molar-refractivity contribution in [3.63, 3.8) is 0 Å². The molecule has 16 heavy (non-hydrogen) atoms. The smallest absolute Gasteiger partial charge is 0.305 e. The van der Waals surface area contributed by atoms with Crippen LogP contribution in [0.5, 0.6) is 0 Å². The van der Waals surface area contributed by atoms with E-state index in [2.05, 4.69) is 0 Å². The number of hydrogen-bond acceptors (Lipinski definition) is 4. The molecule has 6 nitrogen and oxygen atoms in total. The summed E-state index contributed by atoms with van der Waals surface area (Å²) in [6.07, 6.45) is 0.976. The van der Waals surface area contributed by atoms with Crippen LogP contribution in [-0.4, -0.2) is 67.2 Å². The number of likely N-dealkylation sites (N-methyl/N-ethyl adjacent to an activating group) is 1. The maximum absolute atomic E-state index is 11.5. The number of piperazine rings is 1. The zero-order chi connectivity index (χ0) is 12.5. The Morgan fingerprint density at radius 2 is 2.00 bits per heavy atom. The minimum Gasteiger partial charge on any atom is -0.481 e. The van der Waals surface area contributed by atoms with E-state index in [-0.39, 0.29) is 12.5 Å². The molecule has 0 aromatic heterocycles. The van der Waals surface area contributed by atoms with Crippen LogP contribution in [-0.2, 0) is 14.8 Å². The van der Waals surface area contributed by atoms with E-state index in [1.165, 1.54) is 4.31 Å². The summed E-state index contributed by atoms with van der Waals surface area (Å²) in [5, 5.41) is 8.76. The Morgan fingerprint density at radius 3 is 2.44 bits per heavy atom. The lowest BCUT2D eigenvalue weighted by Crippen LogP contribution is -2.57. The number of nitrogens with zero attached hydrogens (tertiary/aromatic N) is 2. The molecule has 0 unspecified atom stereocenters. The number of hydrogen-bond donors (Lipinski definition) is 1. The summed E-state index contributed by atoms with van der Waals surface area (Å²) in [5.74, 6) is -0.971. The van der Waals surface area contributed by atoms with Crippen LogP contribution >= 0.6 is 0 Å². The Morgan fingerprint density at radius 1 is 1.44 bits per heavy atom. The Kier molecular flexibility index (Phi) is 3.92. The summed E-state index contributed by atoms with van der Waals surface area (Å²) < 4.78 is 24.4. The number of aliphatic carboxylic acids is 1. The SMILES string of the molecule is C[C@H]1CN(S(C)(=O)=O)[C@H](CC(=O)O)CN1C. The second kappa shape index (κ2) is 4.68. The Balaban J connectivity index is 2.88. The molecule has 0 aliphatic carbocycles. The quantitative estimate of drug-likeness (QED) is 0.725. The molecule has 94 valence electrons. The molecule has 1 saturated heterocycles. The molecule has 1 rings (SSSR count). The van der Waals surface area contributed by atoms with Crippen molar-refractivity contribution in [1.82, 2.24) is 9.21 Å². The van der Waals surface area contributed by atoms with Crippen molar-refractivity contribution in [2.45, 2.75) is 25.4 Å². The van der Waals surface area contributed by atoms with Crippen LogP contribution in [0.1, 0.15) is 13.3 Å². The largest absolute Gasteiger partial charge is 0.481 e. The van der Waals surface area contributed by atoms with Gasteiger partial charge in [0.05, 0.1) is 12.7 Å². The van der Waals surface area contributed by atoms with Gasteiger partial charge in [0.25, 0.3) is 0 Å². The van der Waals surface area contributed by atoms with Gasteiger partial charge in [-0.2, -0.15) is 4.31 Å². The lowest BCUT2D eigenvalue weighted by atomic mass is 10.1. The Labute approximate surface area is 95.9 Å². The molecule has 0 aromatic rings. The summed E-state index contributed by atoms with van der Waals surface area (Å²) in [7, 11) is -1.46. The fourth-order valence-electron chi connectivity index (χ4n) is 1.93. The van der Waals surface area contributed by atoms with E-state index in [9.17, 15) is 13.2 Å². The molecule has 1 heterocycles. The van der Waals surface area contributed by atoms with Crippen LogP contribution in [0, 0.1) is 0 Å². The Bertz CT molecular complexity index is 368. The fraction of sp³-hybridized carbons (Fsp3) is 0.889. The van der Waals surface area contributed by atoms with Gasteiger partial charge in [0.15, 0.2) is 0 Å². The topological polar surface area (TPSA) is 77.9 Å². The van der Waals surface area contributed by atoms with Crippen molar-refractivity contribution in [3.05, 3.63) is 0 Å². The van der Waals surface area contributed by atoms with Crippen LogP contribution < -0.4 is 0 Å². The molecule has 1 N–H and O–H groups in total. The number of carboxylic acids is 1. The van der Waals surface area contributed by atoms with Gasteiger partial charge in [-0.15, -0.1) is 0 Å². The highest BCUT2D eigenvalue weighted by Crippen LogP contribution is 2.19. The van der Waals surface area contributed by atoms with Gasteiger partial charge in [0, 0.05) is 25.2 Å². The molecule has 1 aliphatic rings. The summed E-state index contributed by atoms with van der Waals surface area (Å²) in [5.41, 5.74) is 0. The maximum Gasteiger partial charge on any atom is 0.305 e. The van der Waals surface area contributed by atoms with Crippen LogP contribution in [0.25, 0.3) is 0 Å². The lowest BCUT2D eigenvalue weighted by molar-refractivity contribution is -0.138. The predicted octanol–water partition coefficient (Wildman–Crippen LogP) is -0.575. The number of sulfonamides is 1. The third-order valence-corrected chi connectivity index (χ3v) is 4.24. The first-order valence-electron chi connectivity index (χ1n) is 5.10. The van der Waals surface area contributed by atoms with E-state index in [1.807, 2.05) is 18.9 Å². The third kappa shape index (κ3) is 3.16. The summed E-state index contributed by atoms with van der Waals surface area (Å²) in [6.45, 7) is 2.74. The van der Waals surface area contributed by atoms with Crippen molar-refractivity contribution in [2.24, 2.45) is 0 Å². The standard InChI is InChI=1S/C9H18N2O4S/c1-7-5-11(16(3,14)15)8(4-9(12)13)6-10(7)2/h7-8H,4-6H2,1-3H3,(H,12,13)/t7-,8+/m0/s1. The van der Waals surface area contributed by atoms with E-state index < -0.39 is 22.0 Å². The molecular weight excluding hydrogens is 232 g/mol. The van der Waals surface area contributed by atoms with E-state index in [0.29, 0.717) is 13.1 Å². The highest BCUT2D eigenvalue weighted by Gasteiger charge is 2.35. The van der Waals surface area contributed by atoms with E-state index in [1.54, 1.807) is 0 Å². The zero-order valence-corrected chi connectivity index (χ0v) is 10.6. The molecule has 0 bridgehead atoms. The van der Waals surface area contributed by atoms with Gasteiger partial charge in [-0.1, -0.05) is 0 Å². The molecule has 0 amide bonds. The highest BCUT2D eigenvalue weighted by molar-refractivity contribution is 7.88. The lowest BCUT2D eigenvalue weighted by Gasteiger charge is -2.41. The van der Waals surface area contributed by atoms with Gasteiger partial charge in [-0.3, -0.25) is 4.79 Å². The number of carbonyl (C=O) groups is 1. The molecule has 2 atom stereocenters. The fourth-order valence-corrected chi connectivity index (χ4v) is 3.10. The van der Waals surface area contributed by atoms with Gasteiger partial charge in [-0.25, -0.2) is 8.42 Å². The van der Waals surface area contributed by atoms with E-state index in [0.717, 1.165) is 6.26 Å². The summed E-state index contributed by atoms with van der Waals surface area (Å²) in [4.78, 5) is 12.7. The van der Waals surface area contributed by atoms with Crippen molar-refractivity contribution < 1.29 is 18.3 Å². The van der Waals surface area contributed by atoms with Gasteiger partial charge < -0.3 is 10.0 Å². The van der Waals surface area contributed by atoms with Crippen LogP contribution in [0.15, 0.2) is 0 Å². The molecule has 7 heteroatoms. The predicted molar refractivity (Wildman–Crippen MR) is 59.7 cm³/mol. The van der Waals surface area contributed by atoms with Crippen molar-refractivity contribution in [1.29, 1.82) is 0 Å². The summed E-state index contributed by atoms with van der Waals surface area (Å²) in [6, 6.07) is -0.353. The molecule has 1 aliphatic heterocycles. The molecule has 0 aromatic carbocycles. The molecule has 0 saturated carbocycles. The minimum atomic E-state index is -3.33. The first kappa shape index (κ1) is 13.4. The average Bonchev–Trinajstić information content (AvgIpc) is 2.08. The third-order valence-electron chi connectivity index (χ3n) is 2.94. The van der Waals surface area contributed by atoms with Crippen LogP contribution in [0.2, 0.25) is 0 Å². The highest BCUT2D eigenvalue weighted by atomic mass is 32.2. The maximum atomic E-state index is 11.5. The van der Waals surface area contributed by atoms with E-state index >= 15 is 0 Å². The van der Waals surface area contributed by atoms with Gasteiger partial charge in [0.1, 0.15) is 0 Å². The number of rotatable bonds is 3. The van der Waals surface area contributed by atoms with E-state index in [4.69, 9.17) is 5.11 Å².